The molecular weight excluding hydrogens is 338 g/mol. The summed E-state index contributed by atoms with van der Waals surface area (Å²) in [7, 11) is 1.68. The second kappa shape index (κ2) is 5.94. The average molecular weight is 361 g/mol. The highest BCUT2D eigenvalue weighted by molar-refractivity contribution is 6.13. The topological polar surface area (TPSA) is 78.8 Å². The lowest BCUT2D eigenvalue weighted by Gasteiger charge is -2.16. The number of nitrogen functional groups attached to an aromatic ring is 1. The van der Waals surface area contributed by atoms with Gasteiger partial charge in [0.05, 0.1) is 18.2 Å². The van der Waals surface area contributed by atoms with Crippen molar-refractivity contribution < 1.29 is 4.74 Å². The number of hydrogen-bond donors (Lipinski definition) is 1. The number of fused-ring (bicyclic) bond motifs is 3. The number of hydrogen-bond acceptors (Lipinski definition) is 5. The van der Waals surface area contributed by atoms with E-state index in [-0.39, 0.29) is 0 Å². The standard InChI is InChI=1S/C21H23N5O/c1-10-7-8-15(27-6)13(4)18(10)26-20-17(19(22)23-9-24-20)16-12(3)11(2)14(5)25-21(16)26/h7-9H,1-6H3,(H2,22,23,24). The van der Waals surface area contributed by atoms with E-state index in [0.29, 0.717) is 5.82 Å². The normalized spacial score (nSPS) is 11.5. The zero-order valence-electron chi connectivity index (χ0n) is 16.5. The van der Waals surface area contributed by atoms with E-state index in [1.165, 1.54) is 6.33 Å². The lowest BCUT2D eigenvalue weighted by Crippen LogP contribution is -2.05. The number of nitrogens with zero attached hydrogens (tertiary/aromatic N) is 4. The first-order chi connectivity index (χ1) is 12.9. The Hall–Kier alpha value is -3.15. The van der Waals surface area contributed by atoms with Crippen LogP contribution < -0.4 is 10.5 Å². The number of nitrogens with two attached hydrogens (primary N) is 1. The summed E-state index contributed by atoms with van der Waals surface area (Å²) in [5.74, 6) is 1.29. The molecule has 1 aromatic carbocycles. The molecule has 0 bridgehead atoms. The number of ether oxygens (including phenoxy) is 1. The smallest absolute Gasteiger partial charge is 0.152 e. The van der Waals surface area contributed by atoms with Gasteiger partial charge in [-0.15, -0.1) is 0 Å². The summed E-state index contributed by atoms with van der Waals surface area (Å²) in [5.41, 5.74) is 14.4. The van der Waals surface area contributed by atoms with Gasteiger partial charge in [0.25, 0.3) is 0 Å². The van der Waals surface area contributed by atoms with Crippen LogP contribution in [0, 0.1) is 34.6 Å². The molecule has 0 amide bonds. The van der Waals surface area contributed by atoms with Crippen molar-refractivity contribution in [1.82, 2.24) is 19.5 Å². The van der Waals surface area contributed by atoms with Gasteiger partial charge in [-0.3, -0.25) is 4.57 Å². The van der Waals surface area contributed by atoms with Gasteiger partial charge in [0.2, 0.25) is 0 Å². The quantitative estimate of drug-likeness (QED) is 0.581. The van der Waals surface area contributed by atoms with E-state index >= 15 is 0 Å². The van der Waals surface area contributed by atoms with Crippen LogP contribution in [0.15, 0.2) is 18.5 Å². The van der Waals surface area contributed by atoms with Crippen LogP contribution in [0.5, 0.6) is 5.75 Å². The SMILES string of the molecule is COc1ccc(C)c(-n2c3ncnc(N)c3c3c(C)c(C)c(C)nc32)c1C. The lowest BCUT2D eigenvalue weighted by molar-refractivity contribution is 0.411. The van der Waals surface area contributed by atoms with Gasteiger partial charge in [0, 0.05) is 16.6 Å². The van der Waals surface area contributed by atoms with Crippen molar-refractivity contribution in [3.8, 4) is 11.4 Å². The fraction of sp³-hybridized carbons (Fsp3) is 0.286. The molecule has 6 heteroatoms. The summed E-state index contributed by atoms with van der Waals surface area (Å²) in [6.45, 7) is 10.4. The minimum atomic E-state index is 0.468. The Morgan fingerprint density at radius 1 is 0.889 bits per heavy atom. The molecule has 2 N–H and O–H groups in total. The molecule has 27 heavy (non-hydrogen) atoms. The summed E-state index contributed by atoms with van der Waals surface area (Å²) >= 11 is 0. The highest BCUT2D eigenvalue weighted by atomic mass is 16.5. The molecule has 0 saturated heterocycles. The second-order valence-electron chi connectivity index (χ2n) is 7.00. The zero-order chi connectivity index (χ0) is 19.5. The summed E-state index contributed by atoms with van der Waals surface area (Å²) in [6, 6.07) is 4.04. The number of aryl methyl sites for hydroxylation is 3. The Balaban J connectivity index is 2.31. The van der Waals surface area contributed by atoms with Gasteiger partial charge in [-0.25, -0.2) is 15.0 Å². The molecule has 0 fully saturated rings. The molecule has 6 nitrogen and oxygen atoms in total. The number of methoxy groups -OCH3 is 1. The van der Waals surface area contributed by atoms with Crippen LogP contribution in [0.2, 0.25) is 0 Å². The molecule has 0 atom stereocenters. The minimum absolute atomic E-state index is 0.468. The third-order valence-electron chi connectivity index (χ3n) is 5.53. The number of aromatic nitrogens is 4. The van der Waals surface area contributed by atoms with Gasteiger partial charge in [-0.1, -0.05) is 6.07 Å². The first-order valence-electron chi connectivity index (χ1n) is 8.89. The average Bonchev–Trinajstić information content (AvgIpc) is 2.96. The molecule has 0 unspecified atom stereocenters. The molecular formula is C21H23N5O. The Labute approximate surface area is 158 Å². The predicted octanol–water partition coefficient (Wildman–Crippen LogP) is 4.10. The van der Waals surface area contributed by atoms with E-state index in [4.69, 9.17) is 15.5 Å². The van der Waals surface area contributed by atoms with Gasteiger partial charge in [-0.2, -0.15) is 0 Å². The Kier molecular flexibility index (Phi) is 3.80. The first kappa shape index (κ1) is 17.3. The zero-order valence-corrected chi connectivity index (χ0v) is 16.5. The molecule has 3 heterocycles. The van der Waals surface area contributed by atoms with E-state index in [1.54, 1.807) is 7.11 Å². The molecule has 0 spiro atoms. The molecule has 3 aromatic heterocycles. The van der Waals surface area contributed by atoms with Crippen molar-refractivity contribution in [3.63, 3.8) is 0 Å². The van der Waals surface area contributed by atoms with Crippen LogP contribution in [-0.4, -0.2) is 26.6 Å². The maximum Gasteiger partial charge on any atom is 0.152 e. The van der Waals surface area contributed by atoms with E-state index in [2.05, 4.69) is 48.3 Å². The fourth-order valence-corrected chi connectivity index (χ4v) is 3.88. The Bertz CT molecular complexity index is 1220. The van der Waals surface area contributed by atoms with Crippen LogP contribution in [0.25, 0.3) is 27.8 Å². The van der Waals surface area contributed by atoms with E-state index in [9.17, 15) is 0 Å². The van der Waals surface area contributed by atoms with Gasteiger partial charge >= 0.3 is 0 Å². The van der Waals surface area contributed by atoms with Gasteiger partial charge in [0.1, 0.15) is 23.5 Å². The molecule has 138 valence electrons. The van der Waals surface area contributed by atoms with Crippen LogP contribution in [0.4, 0.5) is 5.82 Å². The minimum Gasteiger partial charge on any atom is -0.496 e. The number of anilines is 1. The van der Waals surface area contributed by atoms with Crippen molar-refractivity contribution in [2.75, 3.05) is 12.8 Å². The Morgan fingerprint density at radius 2 is 1.63 bits per heavy atom. The summed E-state index contributed by atoms with van der Waals surface area (Å²) in [5, 5.41) is 1.86. The van der Waals surface area contributed by atoms with Crippen LogP contribution in [0.3, 0.4) is 0 Å². The summed E-state index contributed by atoms with van der Waals surface area (Å²) < 4.78 is 7.65. The fourth-order valence-electron chi connectivity index (χ4n) is 3.88. The lowest BCUT2D eigenvalue weighted by atomic mass is 10.0. The van der Waals surface area contributed by atoms with Crippen LogP contribution >= 0.6 is 0 Å². The largest absolute Gasteiger partial charge is 0.496 e. The van der Waals surface area contributed by atoms with E-state index in [1.807, 2.05) is 13.0 Å². The molecule has 4 rings (SSSR count). The molecule has 0 aliphatic rings. The van der Waals surface area contributed by atoms with Gasteiger partial charge < -0.3 is 10.5 Å². The maximum absolute atomic E-state index is 6.29. The van der Waals surface area contributed by atoms with Crippen LogP contribution in [-0.2, 0) is 0 Å². The van der Waals surface area contributed by atoms with E-state index in [0.717, 1.165) is 61.5 Å². The van der Waals surface area contributed by atoms with Gasteiger partial charge in [0.15, 0.2) is 5.65 Å². The second-order valence-corrected chi connectivity index (χ2v) is 7.00. The predicted molar refractivity (Wildman–Crippen MR) is 109 cm³/mol. The monoisotopic (exact) mass is 361 g/mol. The van der Waals surface area contributed by atoms with E-state index < -0.39 is 0 Å². The van der Waals surface area contributed by atoms with Crippen LogP contribution in [0.1, 0.15) is 27.9 Å². The number of rotatable bonds is 2. The molecule has 0 saturated carbocycles. The van der Waals surface area contributed by atoms with Crippen molar-refractivity contribution >= 4 is 27.9 Å². The first-order valence-corrected chi connectivity index (χ1v) is 8.89. The van der Waals surface area contributed by atoms with Crippen molar-refractivity contribution in [1.29, 1.82) is 0 Å². The third kappa shape index (κ3) is 2.29. The highest BCUT2D eigenvalue weighted by Crippen LogP contribution is 2.38. The molecule has 4 aromatic rings. The van der Waals surface area contributed by atoms with Crippen molar-refractivity contribution in [2.45, 2.75) is 34.6 Å². The van der Waals surface area contributed by atoms with Gasteiger partial charge in [-0.05, 0) is 57.4 Å². The third-order valence-corrected chi connectivity index (χ3v) is 5.53. The number of benzene rings is 1. The molecule has 0 aliphatic carbocycles. The van der Waals surface area contributed by atoms with Crippen molar-refractivity contribution in [2.24, 2.45) is 0 Å². The summed E-state index contributed by atoms with van der Waals surface area (Å²) in [6.07, 6.45) is 1.51. The molecule has 0 radical (unpaired) electrons. The number of pyridine rings is 1. The highest BCUT2D eigenvalue weighted by Gasteiger charge is 2.23. The van der Waals surface area contributed by atoms with Crippen molar-refractivity contribution in [3.05, 3.63) is 46.4 Å². The summed E-state index contributed by atoms with van der Waals surface area (Å²) in [4.78, 5) is 13.7. The Morgan fingerprint density at radius 3 is 2.33 bits per heavy atom. The molecule has 0 aliphatic heterocycles. The maximum atomic E-state index is 6.29.